The second-order valence-corrected chi connectivity index (χ2v) is 3.89. The van der Waals surface area contributed by atoms with Gasteiger partial charge in [0.25, 0.3) is 0 Å². The minimum Gasteiger partial charge on any atom is -0.396 e. The van der Waals surface area contributed by atoms with Gasteiger partial charge in [0.05, 0.1) is 31.5 Å². The lowest BCUT2D eigenvalue weighted by Gasteiger charge is -2.18. The topological polar surface area (TPSA) is 65.5 Å². The Morgan fingerprint density at radius 1 is 1.15 bits per heavy atom. The molecule has 0 aromatic rings. The summed E-state index contributed by atoms with van der Waals surface area (Å²) in [5.41, 5.74) is 0. The predicted molar refractivity (Wildman–Crippen MR) is 45.3 cm³/mol. The normalized spacial score (nSPS) is 35.5. The Balaban J connectivity index is 1.71. The first-order valence-corrected chi connectivity index (χ1v) is 4.81. The molecule has 4 unspecified atom stereocenters. The van der Waals surface area contributed by atoms with Crippen LogP contribution >= 0.6 is 0 Å². The van der Waals surface area contributed by atoms with Gasteiger partial charge in [0.1, 0.15) is 0 Å². The molecule has 0 radical (unpaired) electrons. The van der Waals surface area contributed by atoms with Crippen molar-refractivity contribution in [3.63, 3.8) is 0 Å². The van der Waals surface area contributed by atoms with Crippen molar-refractivity contribution >= 4 is 0 Å². The van der Waals surface area contributed by atoms with Crippen LogP contribution < -0.4 is 0 Å². The van der Waals surface area contributed by atoms with E-state index in [9.17, 15) is 5.11 Å². The summed E-state index contributed by atoms with van der Waals surface area (Å²) in [5, 5.41) is 18.8. The smallest absolute Gasteiger partial charge is 0.0834 e. The largest absolute Gasteiger partial charge is 0.396 e. The first-order chi connectivity index (χ1) is 6.29. The van der Waals surface area contributed by atoms with Crippen molar-refractivity contribution < 1.29 is 19.7 Å². The SMILES string of the molecule is OCC(CC1CO1)C(O)CC1CO1. The quantitative estimate of drug-likeness (QED) is 0.553. The first kappa shape index (κ1) is 9.40. The molecular formula is C9H16O4. The number of aliphatic hydroxyl groups is 2. The van der Waals surface area contributed by atoms with Gasteiger partial charge in [-0.3, -0.25) is 0 Å². The molecule has 4 nitrogen and oxygen atoms in total. The van der Waals surface area contributed by atoms with Gasteiger partial charge < -0.3 is 19.7 Å². The van der Waals surface area contributed by atoms with Gasteiger partial charge in [-0.05, 0) is 6.42 Å². The first-order valence-electron chi connectivity index (χ1n) is 4.81. The Morgan fingerprint density at radius 3 is 2.15 bits per heavy atom. The van der Waals surface area contributed by atoms with E-state index in [0.29, 0.717) is 6.42 Å². The summed E-state index contributed by atoms with van der Waals surface area (Å²) in [6.45, 7) is 1.58. The number of ether oxygens (including phenoxy) is 2. The maximum absolute atomic E-state index is 9.70. The van der Waals surface area contributed by atoms with Crippen LogP contribution in [0.1, 0.15) is 12.8 Å². The molecule has 2 saturated heterocycles. The van der Waals surface area contributed by atoms with Crippen LogP contribution in [-0.2, 0) is 9.47 Å². The average molecular weight is 188 g/mol. The Labute approximate surface area is 77.5 Å². The molecule has 2 aliphatic heterocycles. The molecule has 2 rings (SSSR count). The molecule has 0 spiro atoms. The van der Waals surface area contributed by atoms with E-state index in [2.05, 4.69) is 0 Å². The molecule has 2 fully saturated rings. The highest BCUT2D eigenvalue weighted by atomic mass is 16.6. The fourth-order valence-electron chi connectivity index (χ4n) is 1.56. The maximum atomic E-state index is 9.70. The van der Waals surface area contributed by atoms with Gasteiger partial charge >= 0.3 is 0 Å². The number of aliphatic hydroxyl groups excluding tert-OH is 2. The third-order valence-electron chi connectivity index (χ3n) is 2.65. The molecular weight excluding hydrogens is 172 g/mol. The Morgan fingerprint density at radius 2 is 1.69 bits per heavy atom. The van der Waals surface area contributed by atoms with Crippen LogP contribution in [0.25, 0.3) is 0 Å². The van der Waals surface area contributed by atoms with E-state index in [-0.39, 0.29) is 24.7 Å². The van der Waals surface area contributed by atoms with Crippen molar-refractivity contribution in [2.24, 2.45) is 5.92 Å². The van der Waals surface area contributed by atoms with Crippen LogP contribution in [0.4, 0.5) is 0 Å². The van der Waals surface area contributed by atoms with E-state index in [4.69, 9.17) is 14.6 Å². The van der Waals surface area contributed by atoms with Crippen LogP contribution in [0.2, 0.25) is 0 Å². The monoisotopic (exact) mass is 188 g/mol. The summed E-state index contributed by atoms with van der Waals surface area (Å²) < 4.78 is 10.1. The fourth-order valence-corrected chi connectivity index (χ4v) is 1.56. The zero-order valence-corrected chi connectivity index (χ0v) is 7.56. The van der Waals surface area contributed by atoms with E-state index in [1.807, 2.05) is 0 Å². The van der Waals surface area contributed by atoms with Gasteiger partial charge in [-0.1, -0.05) is 0 Å². The third-order valence-corrected chi connectivity index (χ3v) is 2.65. The van der Waals surface area contributed by atoms with Crippen LogP contribution in [0, 0.1) is 5.92 Å². The zero-order chi connectivity index (χ0) is 9.26. The average Bonchev–Trinajstić information content (AvgIpc) is 2.94. The van der Waals surface area contributed by atoms with Crippen molar-refractivity contribution in [3.8, 4) is 0 Å². The lowest BCUT2D eigenvalue weighted by Crippen LogP contribution is -2.26. The minimum atomic E-state index is -0.443. The molecule has 4 heteroatoms. The molecule has 2 heterocycles. The van der Waals surface area contributed by atoms with E-state index in [1.54, 1.807) is 0 Å². The number of rotatable bonds is 6. The Hall–Kier alpha value is -0.160. The Kier molecular flexibility index (Phi) is 2.83. The minimum absolute atomic E-state index is 0.0355. The molecule has 13 heavy (non-hydrogen) atoms. The van der Waals surface area contributed by atoms with Gasteiger partial charge in [0, 0.05) is 18.9 Å². The molecule has 0 aromatic heterocycles. The van der Waals surface area contributed by atoms with E-state index in [0.717, 1.165) is 19.6 Å². The Bertz CT molecular complexity index is 165. The predicted octanol–water partition coefficient (Wildman–Crippen LogP) is -0.466. The molecule has 2 aliphatic rings. The number of hydrogen-bond donors (Lipinski definition) is 2. The van der Waals surface area contributed by atoms with E-state index in [1.165, 1.54) is 0 Å². The maximum Gasteiger partial charge on any atom is 0.0834 e. The van der Waals surface area contributed by atoms with Crippen molar-refractivity contribution in [2.75, 3.05) is 19.8 Å². The molecule has 0 aliphatic carbocycles. The highest BCUT2D eigenvalue weighted by Crippen LogP contribution is 2.26. The highest BCUT2D eigenvalue weighted by molar-refractivity contribution is 4.82. The standard InChI is InChI=1S/C9H16O4/c10-3-6(1-7-4-12-7)9(11)2-8-5-13-8/h6-11H,1-5H2. The summed E-state index contributed by atoms with van der Waals surface area (Å²) in [6, 6.07) is 0. The van der Waals surface area contributed by atoms with Crippen LogP contribution in [0.15, 0.2) is 0 Å². The summed E-state index contributed by atoms with van der Waals surface area (Å²) >= 11 is 0. The van der Waals surface area contributed by atoms with Gasteiger partial charge in [-0.2, -0.15) is 0 Å². The van der Waals surface area contributed by atoms with Crippen LogP contribution in [-0.4, -0.2) is 48.3 Å². The molecule has 0 amide bonds. The fraction of sp³-hybridized carbons (Fsp3) is 1.00. The van der Waals surface area contributed by atoms with Gasteiger partial charge in [0.2, 0.25) is 0 Å². The number of hydrogen-bond acceptors (Lipinski definition) is 4. The van der Waals surface area contributed by atoms with Gasteiger partial charge in [-0.25, -0.2) is 0 Å². The van der Waals surface area contributed by atoms with Gasteiger partial charge in [0.15, 0.2) is 0 Å². The van der Waals surface area contributed by atoms with E-state index >= 15 is 0 Å². The van der Waals surface area contributed by atoms with E-state index < -0.39 is 6.10 Å². The van der Waals surface area contributed by atoms with Crippen LogP contribution in [0.5, 0.6) is 0 Å². The molecule has 0 bridgehead atoms. The van der Waals surface area contributed by atoms with Gasteiger partial charge in [-0.15, -0.1) is 0 Å². The molecule has 4 atom stereocenters. The van der Waals surface area contributed by atoms with Crippen molar-refractivity contribution in [1.82, 2.24) is 0 Å². The number of epoxide rings is 2. The van der Waals surface area contributed by atoms with Crippen molar-refractivity contribution in [2.45, 2.75) is 31.2 Å². The van der Waals surface area contributed by atoms with Crippen molar-refractivity contribution in [3.05, 3.63) is 0 Å². The third kappa shape index (κ3) is 2.91. The molecule has 76 valence electrons. The lowest BCUT2D eigenvalue weighted by molar-refractivity contribution is 0.0466. The van der Waals surface area contributed by atoms with Crippen LogP contribution in [0.3, 0.4) is 0 Å². The molecule has 0 aromatic carbocycles. The molecule has 0 saturated carbocycles. The van der Waals surface area contributed by atoms with Crippen molar-refractivity contribution in [1.29, 1.82) is 0 Å². The summed E-state index contributed by atoms with van der Waals surface area (Å²) in [4.78, 5) is 0. The second-order valence-electron chi connectivity index (χ2n) is 3.89. The summed E-state index contributed by atoms with van der Waals surface area (Å²) in [6.07, 6.45) is 1.47. The molecule has 2 N–H and O–H groups in total. The second kappa shape index (κ2) is 3.92. The lowest BCUT2D eigenvalue weighted by atomic mass is 9.94. The highest BCUT2D eigenvalue weighted by Gasteiger charge is 2.33. The zero-order valence-electron chi connectivity index (χ0n) is 7.56. The summed E-state index contributed by atoms with van der Waals surface area (Å²) in [5.74, 6) is -0.0447. The summed E-state index contributed by atoms with van der Waals surface area (Å²) in [7, 11) is 0.